The summed E-state index contributed by atoms with van der Waals surface area (Å²) < 4.78 is 0. The SMILES string of the molecule is CC(C)N1Cc2ccccc2C=C1C(=O)Cl. The molecule has 1 aromatic rings. The molecule has 0 saturated carbocycles. The van der Waals surface area contributed by atoms with Crippen LogP contribution in [-0.4, -0.2) is 16.2 Å². The number of halogens is 1. The molecule has 2 rings (SSSR count). The van der Waals surface area contributed by atoms with Crippen LogP contribution in [0.5, 0.6) is 0 Å². The third kappa shape index (κ3) is 1.98. The molecule has 0 unspecified atom stereocenters. The van der Waals surface area contributed by atoms with Crippen LogP contribution in [0.25, 0.3) is 6.08 Å². The Morgan fingerprint density at radius 1 is 1.38 bits per heavy atom. The second kappa shape index (κ2) is 4.30. The third-order valence-electron chi connectivity index (χ3n) is 2.82. The number of carbonyl (C=O) groups excluding carboxylic acids is 1. The highest BCUT2D eigenvalue weighted by Crippen LogP contribution is 2.27. The summed E-state index contributed by atoms with van der Waals surface area (Å²) >= 11 is 5.61. The van der Waals surface area contributed by atoms with Gasteiger partial charge in [-0.05, 0) is 42.7 Å². The van der Waals surface area contributed by atoms with E-state index in [4.69, 9.17) is 11.6 Å². The maximum atomic E-state index is 11.4. The van der Waals surface area contributed by atoms with Crippen molar-refractivity contribution in [3.63, 3.8) is 0 Å². The minimum absolute atomic E-state index is 0.266. The summed E-state index contributed by atoms with van der Waals surface area (Å²) in [4.78, 5) is 13.4. The van der Waals surface area contributed by atoms with Crippen molar-refractivity contribution in [1.29, 1.82) is 0 Å². The Labute approximate surface area is 101 Å². The second-order valence-electron chi connectivity index (χ2n) is 4.22. The van der Waals surface area contributed by atoms with Crippen LogP contribution < -0.4 is 0 Å². The van der Waals surface area contributed by atoms with Gasteiger partial charge in [0.25, 0.3) is 5.24 Å². The minimum atomic E-state index is -0.386. The molecule has 1 heterocycles. The molecule has 2 nitrogen and oxygen atoms in total. The zero-order valence-corrected chi connectivity index (χ0v) is 10.2. The van der Waals surface area contributed by atoms with Gasteiger partial charge in [-0.25, -0.2) is 0 Å². The van der Waals surface area contributed by atoms with Crippen LogP contribution in [0.1, 0.15) is 25.0 Å². The lowest BCUT2D eigenvalue weighted by Gasteiger charge is -2.33. The third-order valence-corrected chi connectivity index (χ3v) is 3.02. The van der Waals surface area contributed by atoms with E-state index in [9.17, 15) is 4.79 Å². The summed E-state index contributed by atoms with van der Waals surface area (Å²) in [5.41, 5.74) is 2.91. The van der Waals surface area contributed by atoms with E-state index < -0.39 is 0 Å². The number of benzene rings is 1. The molecular formula is C13H14ClNO. The fourth-order valence-corrected chi connectivity index (χ4v) is 2.11. The van der Waals surface area contributed by atoms with Crippen molar-refractivity contribution in [2.24, 2.45) is 0 Å². The van der Waals surface area contributed by atoms with Crippen LogP contribution in [-0.2, 0) is 11.3 Å². The summed E-state index contributed by atoms with van der Waals surface area (Å²) in [7, 11) is 0. The second-order valence-corrected chi connectivity index (χ2v) is 4.57. The number of allylic oxidation sites excluding steroid dienone is 1. The van der Waals surface area contributed by atoms with E-state index in [0.29, 0.717) is 5.70 Å². The molecule has 0 N–H and O–H groups in total. The lowest BCUT2D eigenvalue weighted by Crippen LogP contribution is -2.34. The monoisotopic (exact) mass is 235 g/mol. The first-order valence-electron chi connectivity index (χ1n) is 5.35. The first-order chi connectivity index (χ1) is 7.59. The van der Waals surface area contributed by atoms with Gasteiger partial charge >= 0.3 is 0 Å². The summed E-state index contributed by atoms with van der Waals surface area (Å²) in [6, 6.07) is 8.33. The van der Waals surface area contributed by atoms with Crippen LogP contribution in [0.15, 0.2) is 30.0 Å². The smallest absolute Gasteiger partial charge is 0.268 e. The Hall–Kier alpha value is -1.28. The molecule has 0 radical (unpaired) electrons. The molecule has 1 aliphatic rings. The van der Waals surface area contributed by atoms with E-state index in [-0.39, 0.29) is 11.3 Å². The Balaban J connectivity index is 2.47. The molecular weight excluding hydrogens is 222 g/mol. The molecule has 0 bridgehead atoms. The lowest BCUT2D eigenvalue weighted by atomic mass is 10.0. The van der Waals surface area contributed by atoms with Gasteiger partial charge in [-0.3, -0.25) is 4.79 Å². The molecule has 3 heteroatoms. The first-order valence-corrected chi connectivity index (χ1v) is 5.73. The summed E-state index contributed by atoms with van der Waals surface area (Å²) in [5.74, 6) is 0. The molecule has 0 aliphatic carbocycles. The van der Waals surface area contributed by atoms with Gasteiger partial charge < -0.3 is 4.90 Å². The van der Waals surface area contributed by atoms with Crippen molar-refractivity contribution in [3.05, 3.63) is 41.1 Å². The predicted octanol–water partition coefficient (Wildman–Crippen LogP) is 3.02. The summed E-state index contributed by atoms with van der Waals surface area (Å²) in [6.45, 7) is 4.86. The van der Waals surface area contributed by atoms with E-state index in [0.717, 1.165) is 12.1 Å². The Morgan fingerprint density at radius 2 is 2.06 bits per heavy atom. The number of carbonyl (C=O) groups is 1. The Bertz CT molecular complexity index is 451. The average Bonchev–Trinajstić information content (AvgIpc) is 2.27. The molecule has 84 valence electrons. The molecule has 16 heavy (non-hydrogen) atoms. The Kier molecular flexibility index (Phi) is 3.01. The van der Waals surface area contributed by atoms with Gasteiger partial charge in [-0.1, -0.05) is 24.3 Å². The van der Waals surface area contributed by atoms with Crippen LogP contribution >= 0.6 is 11.6 Å². The molecule has 0 aromatic heterocycles. The van der Waals surface area contributed by atoms with Gasteiger partial charge in [0.2, 0.25) is 0 Å². The average molecular weight is 236 g/mol. The lowest BCUT2D eigenvalue weighted by molar-refractivity contribution is -0.110. The van der Waals surface area contributed by atoms with E-state index in [2.05, 4.69) is 19.9 Å². The van der Waals surface area contributed by atoms with Crippen molar-refractivity contribution < 1.29 is 4.79 Å². The van der Waals surface area contributed by atoms with Crippen LogP contribution in [0.3, 0.4) is 0 Å². The highest BCUT2D eigenvalue weighted by Gasteiger charge is 2.23. The van der Waals surface area contributed by atoms with Crippen molar-refractivity contribution in [2.75, 3.05) is 0 Å². The maximum Gasteiger partial charge on any atom is 0.268 e. The van der Waals surface area contributed by atoms with E-state index in [1.165, 1.54) is 5.56 Å². The van der Waals surface area contributed by atoms with Crippen LogP contribution in [0.2, 0.25) is 0 Å². The standard InChI is InChI=1S/C13H14ClNO/c1-9(2)15-8-11-6-4-3-5-10(11)7-12(15)13(14)16/h3-7,9H,8H2,1-2H3. The Morgan fingerprint density at radius 3 is 2.69 bits per heavy atom. The number of fused-ring (bicyclic) bond motifs is 1. The zero-order valence-electron chi connectivity index (χ0n) is 9.40. The maximum absolute atomic E-state index is 11.4. The molecule has 0 atom stereocenters. The largest absolute Gasteiger partial charge is 0.361 e. The van der Waals surface area contributed by atoms with Crippen molar-refractivity contribution in [2.45, 2.75) is 26.4 Å². The fraction of sp³-hybridized carbons (Fsp3) is 0.308. The molecule has 0 fully saturated rings. The van der Waals surface area contributed by atoms with Gasteiger partial charge in [0.15, 0.2) is 0 Å². The van der Waals surface area contributed by atoms with Gasteiger partial charge in [0.1, 0.15) is 0 Å². The van der Waals surface area contributed by atoms with Crippen LogP contribution in [0, 0.1) is 0 Å². The normalized spacial score (nSPS) is 14.8. The number of rotatable bonds is 2. The van der Waals surface area contributed by atoms with Crippen LogP contribution in [0.4, 0.5) is 0 Å². The van der Waals surface area contributed by atoms with Crippen molar-refractivity contribution in [3.8, 4) is 0 Å². The highest BCUT2D eigenvalue weighted by atomic mass is 35.5. The minimum Gasteiger partial charge on any atom is -0.361 e. The number of hydrogen-bond donors (Lipinski definition) is 0. The predicted molar refractivity (Wildman–Crippen MR) is 66.0 cm³/mol. The van der Waals surface area contributed by atoms with E-state index in [1.54, 1.807) is 0 Å². The van der Waals surface area contributed by atoms with Gasteiger partial charge in [0.05, 0.1) is 5.70 Å². The summed E-state index contributed by atoms with van der Waals surface area (Å²) in [6.07, 6.45) is 1.87. The summed E-state index contributed by atoms with van der Waals surface area (Å²) in [5, 5.41) is -0.386. The van der Waals surface area contributed by atoms with Gasteiger partial charge in [-0.2, -0.15) is 0 Å². The molecule has 0 amide bonds. The number of nitrogens with zero attached hydrogens (tertiary/aromatic N) is 1. The topological polar surface area (TPSA) is 20.3 Å². The van der Waals surface area contributed by atoms with E-state index in [1.807, 2.05) is 29.2 Å². The van der Waals surface area contributed by atoms with Crippen molar-refractivity contribution in [1.82, 2.24) is 4.90 Å². The van der Waals surface area contributed by atoms with Crippen molar-refractivity contribution >= 4 is 22.9 Å². The molecule has 1 aromatic carbocycles. The highest BCUT2D eigenvalue weighted by molar-refractivity contribution is 6.68. The first kappa shape index (κ1) is 11.2. The molecule has 0 saturated heterocycles. The molecule has 0 spiro atoms. The quantitative estimate of drug-likeness (QED) is 0.735. The van der Waals surface area contributed by atoms with Gasteiger partial charge in [-0.15, -0.1) is 0 Å². The number of hydrogen-bond acceptors (Lipinski definition) is 2. The fourth-order valence-electron chi connectivity index (χ4n) is 1.95. The van der Waals surface area contributed by atoms with Gasteiger partial charge in [0, 0.05) is 12.6 Å². The van der Waals surface area contributed by atoms with E-state index >= 15 is 0 Å². The zero-order chi connectivity index (χ0) is 11.7. The molecule has 1 aliphatic heterocycles.